The van der Waals surface area contributed by atoms with Gasteiger partial charge in [0.05, 0.1) is 17.6 Å². The Morgan fingerprint density at radius 2 is 1.93 bits per heavy atom. The SMILES string of the molecule is CC(C)c1nc(NC[C@H](c2cccnc2)N2CCCCC2)c2cnn(C)c2n1. The predicted octanol–water partition coefficient (Wildman–Crippen LogP) is 3.52. The van der Waals surface area contributed by atoms with Gasteiger partial charge in [-0.2, -0.15) is 5.10 Å². The summed E-state index contributed by atoms with van der Waals surface area (Å²) in [5, 5.41) is 8.97. The lowest BCUT2D eigenvalue weighted by Gasteiger charge is -2.35. The van der Waals surface area contributed by atoms with E-state index < -0.39 is 0 Å². The van der Waals surface area contributed by atoms with Crippen molar-refractivity contribution in [1.82, 2.24) is 29.6 Å². The second-order valence-electron chi connectivity index (χ2n) is 7.87. The number of aryl methyl sites for hydroxylation is 1. The molecule has 0 spiro atoms. The van der Waals surface area contributed by atoms with Crippen molar-refractivity contribution in [3.05, 3.63) is 42.1 Å². The topological polar surface area (TPSA) is 71.8 Å². The van der Waals surface area contributed by atoms with Gasteiger partial charge >= 0.3 is 0 Å². The van der Waals surface area contributed by atoms with Gasteiger partial charge in [0.1, 0.15) is 11.6 Å². The zero-order valence-corrected chi connectivity index (χ0v) is 17.0. The maximum absolute atomic E-state index is 4.81. The summed E-state index contributed by atoms with van der Waals surface area (Å²) >= 11 is 0. The molecule has 1 aliphatic rings. The minimum atomic E-state index is 0.260. The molecule has 3 aromatic rings. The van der Waals surface area contributed by atoms with Crippen LogP contribution in [0.5, 0.6) is 0 Å². The second-order valence-corrected chi connectivity index (χ2v) is 7.87. The summed E-state index contributed by atoms with van der Waals surface area (Å²) in [4.78, 5) is 16.4. The van der Waals surface area contributed by atoms with Crippen molar-refractivity contribution in [1.29, 1.82) is 0 Å². The Balaban J connectivity index is 1.63. The van der Waals surface area contributed by atoms with E-state index in [0.717, 1.165) is 42.3 Å². The minimum absolute atomic E-state index is 0.260. The summed E-state index contributed by atoms with van der Waals surface area (Å²) in [5.74, 6) is 1.97. The predicted molar refractivity (Wildman–Crippen MR) is 111 cm³/mol. The zero-order valence-electron chi connectivity index (χ0n) is 17.0. The van der Waals surface area contributed by atoms with Gasteiger partial charge in [0.15, 0.2) is 5.65 Å². The van der Waals surface area contributed by atoms with Crippen LogP contribution in [0, 0.1) is 0 Å². The highest BCUT2D eigenvalue weighted by Crippen LogP contribution is 2.27. The van der Waals surface area contributed by atoms with E-state index in [1.54, 1.807) is 0 Å². The lowest BCUT2D eigenvalue weighted by Crippen LogP contribution is -2.37. The number of nitrogens with one attached hydrogen (secondary N) is 1. The van der Waals surface area contributed by atoms with Crippen LogP contribution in [-0.4, -0.2) is 49.3 Å². The van der Waals surface area contributed by atoms with Gasteiger partial charge in [-0.25, -0.2) is 9.97 Å². The van der Waals surface area contributed by atoms with Crippen LogP contribution in [0.4, 0.5) is 5.82 Å². The molecule has 1 saturated heterocycles. The number of pyridine rings is 1. The molecule has 0 radical (unpaired) electrons. The highest BCUT2D eigenvalue weighted by molar-refractivity contribution is 5.86. The number of rotatable bonds is 6. The van der Waals surface area contributed by atoms with Crippen molar-refractivity contribution in [3.63, 3.8) is 0 Å². The number of fused-ring (bicyclic) bond motifs is 1. The molecule has 0 saturated carbocycles. The average molecular weight is 380 g/mol. The molecule has 148 valence electrons. The van der Waals surface area contributed by atoms with Crippen LogP contribution in [0.15, 0.2) is 30.7 Å². The van der Waals surface area contributed by atoms with Crippen molar-refractivity contribution < 1.29 is 0 Å². The normalized spacial score (nSPS) is 16.6. The van der Waals surface area contributed by atoms with Crippen molar-refractivity contribution in [3.8, 4) is 0 Å². The third-order valence-electron chi connectivity index (χ3n) is 5.49. The number of piperidine rings is 1. The molecule has 0 aromatic carbocycles. The van der Waals surface area contributed by atoms with E-state index in [2.05, 4.69) is 40.2 Å². The average Bonchev–Trinajstić information content (AvgIpc) is 3.11. The smallest absolute Gasteiger partial charge is 0.163 e. The van der Waals surface area contributed by atoms with Crippen molar-refractivity contribution >= 4 is 16.9 Å². The molecule has 1 aliphatic heterocycles. The van der Waals surface area contributed by atoms with E-state index >= 15 is 0 Å². The molecule has 0 aliphatic carbocycles. The van der Waals surface area contributed by atoms with Crippen molar-refractivity contribution in [2.75, 3.05) is 25.0 Å². The standard InChI is InChI=1S/C21H29N7/c1-15(2)19-25-20(17-13-24-27(3)21(17)26-19)23-14-18(16-8-7-9-22-12-16)28-10-5-4-6-11-28/h7-9,12-13,15,18H,4-6,10-11,14H2,1-3H3,(H,23,25,26)/t18-/m1/s1. The summed E-state index contributed by atoms with van der Waals surface area (Å²) in [6.07, 6.45) is 9.51. The van der Waals surface area contributed by atoms with Gasteiger partial charge in [-0.15, -0.1) is 0 Å². The summed E-state index contributed by atoms with van der Waals surface area (Å²) in [5.41, 5.74) is 2.12. The second kappa shape index (κ2) is 8.22. The Morgan fingerprint density at radius 1 is 1.11 bits per heavy atom. The van der Waals surface area contributed by atoms with Crippen LogP contribution in [0.3, 0.4) is 0 Å². The molecule has 7 nitrogen and oxygen atoms in total. The Morgan fingerprint density at radius 3 is 2.64 bits per heavy atom. The number of hydrogen-bond acceptors (Lipinski definition) is 6. The lowest BCUT2D eigenvalue weighted by atomic mass is 10.0. The molecule has 1 atom stereocenters. The molecule has 4 heterocycles. The van der Waals surface area contributed by atoms with Crippen LogP contribution < -0.4 is 5.32 Å². The van der Waals surface area contributed by atoms with Gasteiger partial charge in [0, 0.05) is 31.9 Å². The highest BCUT2D eigenvalue weighted by atomic mass is 15.3. The van der Waals surface area contributed by atoms with E-state index in [1.165, 1.54) is 24.8 Å². The number of hydrogen-bond donors (Lipinski definition) is 1. The fourth-order valence-electron chi connectivity index (χ4n) is 3.89. The van der Waals surface area contributed by atoms with E-state index in [1.807, 2.05) is 36.4 Å². The van der Waals surface area contributed by atoms with Crippen molar-refractivity contribution in [2.24, 2.45) is 7.05 Å². The van der Waals surface area contributed by atoms with E-state index in [-0.39, 0.29) is 12.0 Å². The third-order valence-corrected chi connectivity index (χ3v) is 5.49. The van der Waals surface area contributed by atoms with Crippen LogP contribution in [0.2, 0.25) is 0 Å². The monoisotopic (exact) mass is 379 g/mol. The molecule has 28 heavy (non-hydrogen) atoms. The van der Waals surface area contributed by atoms with Gasteiger partial charge in [0.2, 0.25) is 0 Å². The largest absolute Gasteiger partial charge is 0.367 e. The highest BCUT2D eigenvalue weighted by Gasteiger charge is 2.23. The molecular formula is C21H29N7. The molecule has 0 amide bonds. The van der Waals surface area contributed by atoms with Crippen LogP contribution in [-0.2, 0) is 7.05 Å². The molecular weight excluding hydrogens is 350 g/mol. The summed E-state index contributed by atoms with van der Waals surface area (Å²) in [7, 11) is 1.93. The first-order valence-corrected chi connectivity index (χ1v) is 10.2. The summed E-state index contributed by atoms with van der Waals surface area (Å²) < 4.78 is 1.82. The van der Waals surface area contributed by atoms with Gasteiger partial charge in [-0.3, -0.25) is 14.6 Å². The van der Waals surface area contributed by atoms with Gasteiger partial charge in [-0.05, 0) is 37.6 Å². The van der Waals surface area contributed by atoms with Crippen LogP contribution in [0.1, 0.15) is 56.5 Å². The fourth-order valence-corrected chi connectivity index (χ4v) is 3.89. The van der Waals surface area contributed by atoms with E-state index in [9.17, 15) is 0 Å². The van der Waals surface area contributed by atoms with Gasteiger partial charge in [0.25, 0.3) is 0 Å². The van der Waals surface area contributed by atoms with E-state index in [0.29, 0.717) is 0 Å². The van der Waals surface area contributed by atoms with Crippen LogP contribution in [0.25, 0.3) is 11.0 Å². The number of anilines is 1. The fraction of sp³-hybridized carbons (Fsp3) is 0.524. The Labute approximate surface area is 166 Å². The molecule has 1 fully saturated rings. The van der Waals surface area contributed by atoms with Crippen LogP contribution >= 0.6 is 0 Å². The lowest BCUT2D eigenvalue weighted by molar-refractivity contribution is 0.170. The molecule has 0 unspecified atom stereocenters. The Hall–Kier alpha value is -2.54. The molecule has 4 rings (SSSR count). The maximum Gasteiger partial charge on any atom is 0.163 e. The molecule has 1 N–H and O–H groups in total. The summed E-state index contributed by atoms with van der Waals surface area (Å²) in [6.45, 7) is 7.28. The molecule has 3 aromatic heterocycles. The number of likely N-dealkylation sites (tertiary alicyclic amines) is 1. The molecule has 7 heteroatoms. The first kappa shape index (κ1) is 18.8. The van der Waals surface area contributed by atoms with Gasteiger partial charge in [-0.1, -0.05) is 26.3 Å². The number of nitrogens with zero attached hydrogens (tertiary/aromatic N) is 6. The Kier molecular flexibility index (Phi) is 5.52. The third kappa shape index (κ3) is 3.85. The zero-order chi connectivity index (χ0) is 19.5. The quantitative estimate of drug-likeness (QED) is 0.706. The Bertz CT molecular complexity index is 913. The molecule has 0 bridgehead atoms. The number of aromatic nitrogens is 5. The summed E-state index contributed by atoms with van der Waals surface area (Å²) in [6, 6.07) is 4.47. The first-order valence-electron chi connectivity index (χ1n) is 10.2. The maximum atomic E-state index is 4.81. The van der Waals surface area contributed by atoms with E-state index in [4.69, 9.17) is 9.97 Å². The van der Waals surface area contributed by atoms with Gasteiger partial charge < -0.3 is 5.32 Å². The first-order chi connectivity index (χ1) is 13.6. The minimum Gasteiger partial charge on any atom is -0.367 e. The van der Waals surface area contributed by atoms with Crippen molar-refractivity contribution in [2.45, 2.75) is 45.1 Å².